The molecule has 3 nitrogen and oxygen atoms in total. The Hall–Kier alpha value is -2.81. The minimum atomic E-state index is -0.340. The van der Waals surface area contributed by atoms with Crippen LogP contribution in [0.15, 0.2) is 54.6 Å². The van der Waals surface area contributed by atoms with Crippen LogP contribution < -0.4 is 5.73 Å². The molecule has 2 aromatic carbocycles. The maximum atomic E-state index is 12.6. The van der Waals surface area contributed by atoms with Crippen LogP contribution in [0.3, 0.4) is 0 Å². The number of aryl methyl sites for hydroxylation is 1. The van der Waals surface area contributed by atoms with Crippen LogP contribution in [0.25, 0.3) is 11.1 Å². The van der Waals surface area contributed by atoms with Crippen molar-refractivity contribution in [2.45, 2.75) is 78.7 Å². The topological polar surface area (TPSA) is 48.0 Å². The molecule has 0 atom stereocenters. The van der Waals surface area contributed by atoms with Gasteiger partial charge in [-0.1, -0.05) is 95.1 Å². The number of hydrogen-bond acceptors (Lipinski definition) is 1. The van der Waals surface area contributed by atoms with Gasteiger partial charge in [-0.05, 0) is 48.3 Å². The number of amides is 1. The standard InChI is InChI=1S/C29H38N2O/c1-6-7-9-14-25-27(23-15-17-24(18-16-23)29(3,4)5)26(28(30)32)21(2)31(25)20-19-22-12-10-8-11-13-22/h8,10-13,15-18H,6-7,9,14,19-20H2,1-5H3,(H2,30,32). The summed E-state index contributed by atoms with van der Waals surface area (Å²) in [5, 5.41) is 0. The zero-order valence-electron chi connectivity index (χ0n) is 20.4. The molecule has 170 valence electrons. The van der Waals surface area contributed by atoms with Gasteiger partial charge in [0.2, 0.25) is 0 Å². The second-order valence-corrected chi connectivity index (χ2v) is 9.82. The van der Waals surface area contributed by atoms with Crippen molar-refractivity contribution in [2.24, 2.45) is 5.73 Å². The van der Waals surface area contributed by atoms with Crippen molar-refractivity contribution in [3.63, 3.8) is 0 Å². The molecule has 1 heterocycles. The minimum absolute atomic E-state index is 0.0898. The highest BCUT2D eigenvalue weighted by molar-refractivity contribution is 6.02. The van der Waals surface area contributed by atoms with E-state index < -0.39 is 0 Å². The van der Waals surface area contributed by atoms with Crippen molar-refractivity contribution in [1.29, 1.82) is 0 Å². The smallest absolute Gasteiger partial charge is 0.251 e. The van der Waals surface area contributed by atoms with Gasteiger partial charge in [-0.15, -0.1) is 0 Å². The SMILES string of the molecule is CCCCCc1c(-c2ccc(C(C)(C)C)cc2)c(C(N)=O)c(C)n1CCc1ccccc1. The van der Waals surface area contributed by atoms with Gasteiger partial charge in [-0.2, -0.15) is 0 Å². The van der Waals surface area contributed by atoms with Gasteiger partial charge >= 0.3 is 0 Å². The fourth-order valence-electron chi connectivity index (χ4n) is 4.54. The van der Waals surface area contributed by atoms with E-state index in [1.54, 1.807) is 0 Å². The van der Waals surface area contributed by atoms with E-state index in [4.69, 9.17) is 5.73 Å². The monoisotopic (exact) mass is 430 g/mol. The number of carbonyl (C=O) groups excluding carboxylic acids is 1. The third-order valence-electron chi connectivity index (χ3n) is 6.40. The van der Waals surface area contributed by atoms with Gasteiger partial charge in [0.1, 0.15) is 0 Å². The lowest BCUT2D eigenvalue weighted by atomic mass is 9.86. The molecule has 0 aliphatic heterocycles. The lowest BCUT2D eigenvalue weighted by Gasteiger charge is -2.19. The summed E-state index contributed by atoms with van der Waals surface area (Å²) < 4.78 is 2.34. The first-order valence-corrected chi connectivity index (χ1v) is 11.9. The molecule has 0 fully saturated rings. The first-order chi connectivity index (χ1) is 15.2. The molecule has 1 aromatic heterocycles. The zero-order valence-corrected chi connectivity index (χ0v) is 20.4. The molecular weight excluding hydrogens is 392 g/mol. The van der Waals surface area contributed by atoms with Crippen LogP contribution in [0.2, 0.25) is 0 Å². The number of nitrogens with zero attached hydrogens (tertiary/aromatic N) is 1. The number of aromatic nitrogens is 1. The van der Waals surface area contributed by atoms with Gasteiger partial charge < -0.3 is 10.3 Å². The van der Waals surface area contributed by atoms with Crippen LogP contribution in [0.1, 0.15) is 79.8 Å². The molecule has 0 aliphatic carbocycles. The summed E-state index contributed by atoms with van der Waals surface area (Å²) in [6.45, 7) is 11.8. The normalized spacial score (nSPS) is 11.7. The second kappa shape index (κ2) is 10.2. The molecule has 0 aliphatic rings. The molecule has 0 bridgehead atoms. The molecule has 3 heteroatoms. The van der Waals surface area contributed by atoms with E-state index in [0.717, 1.165) is 42.6 Å². The Morgan fingerprint density at radius 1 is 0.938 bits per heavy atom. The van der Waals surface area contributed by atoms with E-state index in [9.17, 15) is 4.79 Å². The van der Waals surface area contributed by atoms with Crippen molar-refractivity contribution >= 4 is 5.91 Å². The average molecular weight is 431 g/mol. The van der Waals surface area contributed by atoms with E-state index >= 15 is 0 Å². The van der Waals surface area contributed by atoms with Crippen molar-refractivity contribution < 1.29 is 4.79 Å². The Kier molecular flexibility index (Phi) is 7.60. The Bertz CT molecular complexity index is 1040. The van der Waals surface area contributed by atoms with Crippen LogP contribution >= 0.6 is 0 Å². The second-order valence-electron chi connectivity index (χ2n) is 9.82. The molecule has 0 unspecified atom stereocenters. The van der Waals surface area contributed by atoms with Gasteiger partial charge in [-0.25, -0.2) is 0 Å². The van der Waals surface area contributed by atoms with Crippen molar-refractivity contribution in [2.75, 3.05) is 0 Å². The van der Waals surface area contributed by atoms with Gasteiger partial charge in [-0.3, -0.25) is 4.79 Å². The van der Waals surface area contributed by atoms with E-state index in [2.05, 4.69) is 80.8 Å². The summed E-state index contributed by atoms with van der Waals surface area (Å²) in [4.78, 5) is 12.6. The number of rotatable bonds is 9. The quantitative estimate of drug-likeness (QED) is 0.371. The third kappa shape index (κ3) is 5.32. The van der Waals surface area contributed by atoms with E-state index in [1.165, 1.54) is 29.7 Å². The summed E-state index contributed by atoms with van der Waals surface area (Å²) in [7, 11) is 0. The highest BCUT2D eigenvalue weighted by atomic mass is 16.1. The summed E-state index contributed by atoms with van der Waals surface area (Å²) in [5.74, 6) is -0.340. The Labute approximate surface area is 193 Å². The fourth-order valence-corrected chi connectivity index (χ4v) is 4.54. The summed E-state index contributed by atoms with van der Waals surface area (Å²) in [6, 6.07) is 19.2. The van der Waals surface area contributed by atoms with Crippen LogP contribution in [0.4, 0.5) is 0 Å². The summed E-state index contributed by atoms with van der Waals surface area (Å²) >= 11 is 0. The largest absolute Gasteiger partial charge is 0.366 e. The molecule has 0 saturated heterocycles. The minimum Gasteiger partial charge on any atom is -0.366 e. The number of primary amides is 1. The summed E-state index contributed by atoms with van der Waals surface area (Å²) in [5.41, 5.74) is 13.6. The molecular formula is C29H38N2O. The van der Waals surface area contributed by atoms with Gasteiger partial charge in [0, 0.05) is 23.5 Å². The van der Waals surface area contributed by atoms with Crippen LogP contribution in [0.5, 0.6) is 0 Å². The first-order valence-electron chi connectivity index (χ1n) is 11.9. The van der Waals surface area contributed by atoms with Crippen molar-refractivity contribution in [3.8, 4) is 11.1 Å². The molecule has 0 saturated carbocycles. The number of carbonyl (C=O) groups is 1. The maximum absolute atomic E-state index is 12.6. The predicted molar refractivity (Wildman–Crippen MR) is 135 cm³/mol. The van der Waals surface area contributed by atoms with Gasteiger partial charge in [0.05, 0.1) is 5.56 Å². The van der Waals surface area contributed by atoms with Gasteiger partial charge in [0.25, 0.3) is 5.91 Å². The molecule has 1 amide bonds. The van der Waals surface area contributed by atoms with E-state index in [-0.39, 0.29) is 11.3 Å². The molecule has 2 N–H and O–H groups in total. The number of nitrogens with two attached hydrogens (primary N) is 1. The molecule has 0 spiro atoms. The average Bonchev–Trinajstić information content (AvgIpc) is 3.04. The Morgan fingerprint density at radius 2 is 1.59 bits per heavy atom. The number of benzene rings is 2. The number of hydrogen-bond donors (Lipinski definition) is 1. The zero-order chi connectivity index (χ0) is 23.3. The molecule has 0 radical (unpaired) electrons. The third-order valence-corrected chi connectivity index (χ3v) is 6.40. The van der Waals surface area contributed by atoms with Gasteiger partial charge in [0.15, 0.2) is 0 Å². The van der Waals surface area contributed by atoms with E-state index in [1.807, 2.05) is 13.0 Å². The maximum Gasteiger partial charge on any atom is 0.251 e. The van der Waals surface area contributed by atoms with Crippen LogP contribution in [-0.2, 0) is 24.8 Å². The lowest BCUT2D eigenvalue weighted by Crippen LogP contribution is -2.14. The lowest BCUT2D eigenvalue weighted by molar-refractivity contribution is 0.1000. The Morgan fingerprint density at radius 3 is 2.16 bits per heavy atom. The van der Waals surface area contributed by atoms with Crippen molar-refractivity contribution in [3.05, 3.63) is 82.7 Å². The highest BCUT2D eigenvalue weighted by Gasteiger charge is 2.25. The Balaban J connectivity index is 2.09. The molecule has 3 aromatic rings. The number of unbranched alkanes of at least 4 members (excludes halogenated alkanes) is 2. The first kappa shape index (κ1) is 23.8. The predicted octanol–water partition coefficient (Wildman–Crippen LogP) is 6.84. The summed E-state index contributed by atoms with van der Waals surface area (Å²) in [6.07, 6.45) is 5.33. The van der Waals surface area contributed by atoms with Crippen LogP contribution in [0, 0.1) is 6.92 Å². The van der Waals surface area contributed by atoms with Crippen molar-refractivity contribution in [1.82, 2.24) is 4.57 Å². The van der Waals surface area contributed by atoms with Crippen LogP contribution in [-0.4, -0.2) is 10.5 Å². The highest BCUT2D eigenvalue weighted by Crippen LogP contribution is 2.35. The van der Waals surface area contributed by atoms with E-state index in [0.29, 0.717) is 5.56 Å². The molecule has 32 heavy (non-hydrogen) atoms. The molecule has 3 rings (SSSR count). The fraction of sp³-hybridized carbons (Fsp3) is 0.414.